The van der Waals surface area contributed by atoms with E-state index in [1.807, 2.05) is 30.3 Å². The highest BCUT2D eigenvalue weighted by atomic mass is 32.1. The van der Waals surface area contributed by atoms with Gasteiger partial charge in [-0.05, 0) is 5.56 Å². The van der Waals surface area contributed by atoms with E-state index < -0.39 is 12.6 Å². The van der Waals surface area contributed by atoms with Gasteiger partial charge in [0.2, 0.25) is 0 Å². The molecule has 0 spiro atoms. The second-order valence-electron chi connectivity index (χ2n) is 4.25. The monoisotopic (exact) mass is 286 g/mol. The summed E-state index contributed by atoms with van der Waals surface area (Å²) in [5, 5.41) is 1.73. The topological polar surface area (TPSA) is 38.9 Å². The molecule has 0 fully saturated rings. The number of nitrogens with zero attached hydrogens (tertiary/aromatic N) is 1. The van der Waals surface area contributed by atoms with E-state index in [0.29, 0.717) is 12.1 Å². The van der Waals surface area contributed by atoms with E-state index >= 15 is 0 Å². The highest BCUT2D eigenvalue weighted by Crippen LogP contribution is 2.24. The van der Waals surface area contributed by atoms with Crippen molar-refractivity contribution in [3.8, 4) is 0 Å². The number of hydrogen-bond acceptors (Lipinski definition) is 3. The zero-order valence-electron chi connectivity index (χ0n) is 10.0. The molecule has 2 aromatic rings. The van der Waals surface area contributed by atoms with E-state index in [4.69, 9.17) is 5.73 Å². The predicted octanol–water partition coefficient (Wildman–Crippen LogP) is 3.49. The van der Waals surface area contributed by atoms with Crippen LogP contribution >= 0.6 is 11.3 Å². The molecule has 0 saturated carbocycles. The number of rotatable bonds is 4. The molecule has 1 atom stereocenters. The van der Waals surface area contributed by atoms with Gasteiger partial charge in [0.15, 0.2) is 0 Å². The molecule has 6 heteroatoms. The van der Waals surface area contributed by atoms with Crippen molar-refractivity contribution in [2.75, 3.05) is 0 Å². The van der Waals surface area contributed by atoms with Crippen LogP contribution in [0, 0.1) is 0 Å². The normalized spacial score (nSPS) is 13.5. The van der Waals surface area contributed by atoms with Crippen LogP contribution in [0.3, 0.4) is 0 Å². The van der Waals surface area contributed by atoms with E-state index in [0.717, 1.165) is 16.9 Å². The van der Waals surface area contributed by atoms with Crippen LogP contribution in [-0.2, 0) is 12.8 Å². The number of thiazole rings is 1. The van der Waals surface area contributed by atoms with Gasteiger partial charge in [0.05, 0.1) is 12.1 Å². The molecule has 1 aromatic carbocycles. The summed E-state index contributed by atoms with van der Waals surface area (Å²) in [5.41, 5.74) is 7.57. The van der Waals surface area contributed by atoms with E-state index in [1.54, 1.807) is 5.38 Å². The Morgan fingerprint density at radius 2 is 1.89 bits per heavy atom. The molecule has 0 aliphatic heterocycles. The molecule has 0 bridgehead atoms. The van der Waals surface area contributed by atoms with Gasteiger partial charge in [-0.1, -0.05) is 30.3 Å². The summed E-state index contributed by atoms with van der Waals surface area (Å²) in [4.78, 5) is 3.98. The molecule has 1 aromatic heterocycles. The minimum absolute atomic E-state index is 0.0859. The average molecular weight is 286 g/mol. The van der Waals surface area contributed by atoms with Crippen LogP contribution in [0.1, 0.15) is 22.3 Å². The molecule has 0 saturated heterocycles. The summed E-state index contributed by atoms with van der Waals surface area (Å²) in [6.45, 7) is 0. The number of alkyl halides is 3. The average Bonchev–Trinajstić information content (AvgIpc) is 2.75. The Hall–Kier alpha value is -1.40. The van der Waals surface area contributed by atoms with Crippen LogP contribution in [0.25, 0.3) is 0 Å². The van der Waals surface area contributed by atoms with Crippen molar-refractivity contribution < 1.29 is 13.2 Å². The summed E-state index contributed by atoms with van der Waals surface area (Å²) in [6.07, 6.45) is -4.74. The van der Waals surface area contributed by atoms with Crippen molar-refractivity contribution in [2.45, 2.75) is 25.1 Å². The van der Waals surface area contributed by atoms with E-state index in [2.05, 4.69) is 4.98 Å². The van der Waals surface area contributed by atoms with Gasteiger partial charge in [-0.2, -0.15) is 13.2 Å². The first kappa shape index (κ1) is 14.0. The Kier molecular flexibility index (Phi) is 4.21. The number of halogens is 3. The van der Waals surface area contributed by atoms with E-state index in [-0.39, 0.29) is 11.0 Å². The standard InChI is InChI=1S/C13H13F3N2S/c14-13(15,16)7-12-18-10(8-19-12)6-11(17)9-4-2-1-3-5-9/h1-5,8,11H,6-7,17H2. The van der Waals surface area contributed by atoms with Gasteiger partial charge in [-0.15, -0.1) is 11.3 Å². The summed E-state index contributed by atoms with van der Waals surface area (Å²) in [5.74, 6) is 0. The minimum atomic E-state index is -4.21. The Bertz CT molecular complexity index is 522. The molecule has 0 aliphatic carbocycles. The third-order valence-corrected chi connectivity index (χ3v) is 3.51. The predicted molar refractivity (Wildman–Crippen MR) is 68.9 cm³/mol. The van der Waals surface area contributed by atoms with Crippen LogP contribution in [0.2, 0.25) is 0 Å². The smallest absolute Gasteiger partial charge is 0.324 e. The maximum Gasteiger partial charge on any atom is 0.395 e. The van der Waals surface area contributed by atoms with E-state index in [1.165, 1.54) is 0 Å². The zero-order chi connectivity index (χ0) is 13.9. The molecular weight excluding hydrogens is 273 g/mol. The molecular formula is C13H13F3N2S. The summed E-state index contributed by atoms with van der Waals surface area (Å²) >= 11 is 1.03. The number of hydrogen-bond donors (Lipinski definition) is 1. The molecule has 0 amide bonds. The number of nitrogens with two attached hydrogens (primary N) is 1. The summed E-state index contributed by atoms with van der Waals surface area (Å²) in [7, 11) is 0. The van der Waals surface area contributed by atoms with Crippen LogP contribution in [-0.4, -0.2) is 11.2 Å². The van der Waals surface area contributed by atoms with Gasteiger partial charge < -0.3 is 5.73 Å². The molecule has 0 aliphatic rings. The lowest BCUT2D eigenvalue weighted by Gasteiger charge is -2.09. The lowest BCUT2D eigenvalue weighted by Crippen LogP contribution is -2.14. The number of benzene rings is 1. The van der Waals surface area contributed by atoms with Crippen molar-refractivity contribution >= 4 is 11.3 Å². The maximum atomic E-state index is 12.2. The van der Waals surface area contributed by atoms with Crippen molar-refractivity contribution in [2.24, 2.45) is 5.73 Å². The second kappa shape index (κ2) is 5.71. The first-order valence-electron chi connectivity index (χ1n) is 5.74. The first-order valence-corrected chi connectivity index (χ1v) is 6.62. The lowest BCUT2D eigenvalue weighted by atomic mass is 10.0. The fourth-order valence-electron chi connectivity index (χ4n) is 1.74. The van der Waals surface area contributed by atoms with Crippen LogP contribution in [0.5, 0.6) is 0 Å². The minimum Gasteiger partial charge on any atom is -0.324 e. The fourth-order valence-corrected chi connectivity index (χ4v) is 2.58. The first-order chi connectivity index (χ1) is 8.94. The Labute approximate surface area is 113 Å². The Morgan fingerprint density at radius 1 is 1.21 bits per heavy atom. The lowest BCUT2D eigenvalue weighted by molar-refractivity contribution is -0.127. The Morgan fingerprint density at radius 3 is 2.53 bits per heavy atom. The highest BCUT2D eigenvalue weighted by molar-refractivity contribution is 7.09. The summed E-state index contributed by atoms with van der Waals surface area (Å²) < 4.78 is 36.7. The Balaban J connectivity index is 2.00. The van der Waals surface area contributed by atoms with Gasteiger partial charge in [-0.25, -0.2) is 4.98 Å². The van der Waals surface area contributed by atoms with Crippen molar-refractivity contribution in [1.29, 1.82) is 0 Å². The van der Waals surface area contributed by atoms with E-state index in [9.17, 15) is 13.2 Å². The quantitative estimate of drug-likeness (QED) is 0.934. The molecule has 2 rings (SSSR count). The van der Waals surface area contributed by atoms with Gasteiger partial charge >= 0.3 is 6.18 Å². The highest BCUT2D eigenvalue weighted by Gasteiger charge is 2.29. The van der Waals surface area contributed by atoms with Crippen molar-refractivity contribution in [1.82, 2.24) is 4.98 Å². The molecule has 0 radical (unpaired) electrons. The zero-order valence-corrected chi connectivity index (χ0v) is 10.8. The molecule has 1 heterocycles. The van der Waals surface area contributed by atoms with Crippen molar-refractivity contribution in [3.05, 3.63) is 52.0 Å². The summed E-state index contributed by atoms with van der Waals surface area (Å²) in [6, 6.07) is 9.19. The molecule has 2 nitrogen and oxygen atoms in total. The van der Waals surface area contributed by atoms with Gasteiger partial charge in [0.25, 0.3) is 0 Å². The van der Waals surface area contributed by atoms with Crippen LogP contribution in [0.4, 0.5) is 13.2 Å². The SMILES string of the molecule is NC(Cc1csc(CC(F)(F)F)n1)c1ccccc1. The largest absolute Gasteiger partial charge is 0.395 e. The van der Waals surface area contributed by atoms with Crippen LogP contribution < -0.4 is 5.73 Å². The molecule has 1 unspecified atom stereocenters. The van der Waals surface area contributed by atoms with Gasteiger partial charge in [-0.3, -0.25) is 0 Å². The molecule has 2 N–H and O–H groups in total. The second-order valence-corrected chi connectivity index (χ2v) is 5.19. The van der Waals surface area contributed by atoms with Gasteiger partial charge in [0.1, 0.15) is 5.01 Å². The van der Waals surface area contributed by atoms with Gasteiger partial charge in [0, 0.05) is 17.8 Å². The van der Waals surface area contributed by atoms with Crippen molar-refractivity contribution in [3.63, 3.8) is 0 Å². The van der Waals surface area contributed by atoms with Crippen LogP contribution in [0.15, 0.2) is 35.7 Å². The molecule has 19 heavy (non-hydrogen) atoms. The third kappa shape index (κ3) is 4.33. The molecule has 102 valence electrons. The fraction of sp³-hybridized carbons (Fsp3) is 0.308. The third-order valence-electron chi connectivity index (χ3n) is 2.61. The maximum absolute atomic E-state index is 12.2. The number of aromatic nitrogens is 1.